The summed E-state index contributed by atoms with van der Waals surface area (Å²) in [6.07, 6.45) is -5.37. The standard InChI is InChI=1S/C21H17Cl2F3N2O3S/c1-11-4-12(2-3-17(11)19(29)27-16-9-32(30)10-16)18-8-20(31-28-18,21(24,25)26)13-5-14(22)7-15(23)6-13/h2-7,16H,8-10H2,1H3,(H,27,29)/t16-,20-,32+/m0/s1. The number of nitrogens with one attached hydrogen (secondary N) is 1. The van der Waals surface area contributed by atoms with Crippen LogP contribution in [0.5, 0.6) is 0 Å². The van der Waals surface area contributed by atoms with Crippen molar-refractivity contribution < 1.29 is 27.4 Å². The quantitative estimate of drug-likeness (QED) is 0.610. The van der Waals surface area contributed by atoms with Crippen molar-refractivity contribution >= 4 is 46.0 Å². The maximum Gasteiger partial charge on any atom is 0.435 e. The molecule has 5 nitrogen and oxygen atoms in total. The molecule has 0 saturated carbocycles. The molecule has 0 unspecified atom stereocenters. The van der Waals surface area contributed by atoms with Crippen molar-refractivity contribution in [1.29, 1.82) is 0 Å². The lowest BCUT2D eigenvalue weighted by molar-refractivity contribution is -0.275. The first kappa shape index (κ1) is 23.2. The van der Waals surface area contributed by atoms with Crippen LogP contribution >= 0.6 is 23.2 Å². The number of benzene rings is 2. The molecule has 1 atom stereocenters. The molecule has 2 aliphatic heterocycles. The predicted octanol–water partition coefficient (Wildman–Crippen LogP) is 4.74. The summed E-state index contributed by atoms with van der Waals surface area (Å²) in [6, 6.07) is 8.17. The van der Waals surface area contributed by atoms with E-state index >= 15 is 0 Å². The van der Waals surface area contributed by atoms with Gasteiger partial charge in [-0.1, -0.05) is 34.4 Å². The first-order valence-electron chi connectivity index (χ1n) is 9.54. The van der Waals surface area contributed by atoms with Gasteiger partial charge in [-0.25, -0.2) is 0 Å². The van der Waals surface area contributed by atoms with Crippen molar-refractivity contribution in [2.24, 2.45) is 5.16 Å². The van der Waals surface area contributed by atoms with E-state index in [1.807, 2.05) is 0 Å². The number of amides is 1. The van der Waals surface area contributed by atoms with Crippen molar-refractivity contribution in [3.05, 3.63) is 68.7 Å². The Bertz CT molecular complexity index is 1090. The molecule has 0 aromatic heterocycles. The number of hydrogen-bond donors (Lipinski definition) is 1. The first-order chi connectivity index (χ1) is 15.0. The SMILES string of the molecule is Cc1cc(C2=NO[C@@](c3cc(Cl)cc(Cl)c3)(C(F)(F)F)C2)ccc1C(=O)N[C@H]1C[S@@+]([O-])C1. The molecular weight excluding hydrogens is 488 g/mol. The second-order valence-corrected chi connectivity index (χ2v) is 10.2. The zero-order chi connectivity index (χ0) is 23.3. The second kappa shape index (κ2) is 8.44. The molecule has 2 heterocycles. The van der Waals surface area contributed by atoms with Crippen LogP contribution in [0.4, 0.5) is 13.2 Å². The van der Waals surface area contributed by atoms with E-state index < -0.39 is 29.4 Å². The highest BCUT2D eigenvalue weighted by atomic mass is 35.5. The van der Waals surface area contributed by atoms with Gasteiger partial charge in [0.1, 0.15) is 17.5 Å². The van der Waals surface area contributed by atoms with Crippen LogP contribution in [0.1, 0.15) is 33.5 Å². The van der Waals surface area contributed by atoms with Crippen molar-refractivity contribution in [1.82, 2.24) is 5.32 Å². The molecule has 0 spiro atoms. The Morgan fingerprint density at radius 1 is 1.22 bits per heavy atom. The molecule has 1 N–H and O–H groups in total. The summed E-state index contributed by atoms with van der Waals surface area (Å²) in [6.45, 7) is 1.68. The second-order valence-electron chi connectivity index (χ2n) is 7.76. The maximum atomic E-state index is 14.1. The van der Waals surface area contributed by atoms with Gasteiger partial charge < -0.3 is 14.7 Å². The molecule has 2 aromatic carbocycles. The largest absolute Gasteiger partial charge is 0.616 e. The van der Waals surface area contributed by atoms with E-state index in [0.717, 1.165) is 12.1 Å². The summed E-state index contributed by atoms with van der Waals surface area (Å²) in [5.74, 6) is 0.521. The minimum atomic E-state index is -4.79. The molecule has 32 heavy (non-hydrogen) atoms. The van der Waals surface area contributed by atoms with Crippen molar-refractivity contribution in [2.45, 2.75) is 31.2 Å². The van der Waals surface area contributed by atoms with Gasteiger partial charge >= 0.3 is 6.18 Å². The molecule has 2 aliphatic rings. The van der Waals surface area contributed by atoms with E-state index in [9.17, 15) is 22.5 Å². The van der Waals surface area contributed by atoms with Crippen molar-refractivity contribution in [3.8, 4) is 0 Å². The fraction of sp³-hybridized carbons (Fsp3) is 0.333. The number of aryl methyl sites for hydroxylation is 1. The lowest BCUT2D eigenvalue weighted by atomic mass is 9.86. The zero-order valence-corrected chi connectivity index (χ0v) is 19.0. The average molecular weight is 505 g/mol. The Balaban J connectivity index is 1.58. The number of carbonyl (C=O) groups excluding carboxylic acids is 1. The Morgan fingerprint density at radius 3 is 2.44 bits per heavy atom. The van der Waals surface area contributed by atoms with Crippen LogP contribution in [0.2, 0.25) is 10.0 Å². The molecule has 1 saturated heterocycles. The van der Waals surface area contributed by atoms with E-state index in [4.69, 9.17) is 28.0 Å². The normalized spacial score (nSPS) is 25.0. The highest BCUT2D eigenvalue weighted by Gasteiger charge is 2.62. The van der Waals surface area contributed by atoms with E-state index in [2.05, 4.69) is 10.5 Å². The van der Waals surface area contributed by atoms with Gasteiger partial charge in [-0.3, -0.25) is 4.79 Å². The zero-order valence-electron chi connectivity index (χ0n) is 16.6. The van der Waals surface area contributed by atoms with E-state index in [-0.39, 0.29) is 33.3 Å². The molecule has 11 heteroatoms. The van der Waals surface area contributed by atoms with Crippen LogP contribution < -0.4 is 5.32 Å². The van der Waals surface area contributed by atoms with Gasteiger partial charge in [-0.05, 0) is 59.6 Å². The number of nitrogens with zero attached hydrogens (tertiary/aromatic N) is 1. The number of alkyl halides is 3. The summed E-state index contributed by atoms with van der Waals surface area (Å²) < 4.78 is 53.6. The van der Waals surface area contributed by atoms with Crippen molar-refractivity contribution in [2.75, 3.05) is 11.5 Å². The Morgan fingerprint density at radius 2 is 1.88 bits per heavy atom. The lowest BCUT2D eigenvalue weighted by Gasteiger charge is -2.29. The van der Waals surface area contributed by atoms with Gasteiger partial charge in [-0.15, -0.1) is 0 Å². The molecule has 0 bridgehead atoms. The summed E-state index contributed by atoms with van der Waals surface area (Å²) in [5, 5.41) is 6.63. The van der Waals surface area contributed by atoms with E-state index in [1.165, 1.54) is 18.2 Å². The van der Waals surface area contributed by atoms with E-state index in [1.54, 1.807) is 13.0 Å². The van der Waals surface area contributed by atoms with Gasteiger partial charge in [0.15, 0.2) is 0 Å². The summed E-state index contributed by atoms with van der Waals surface area (Å²) in [7, 11) is 0. The van der Waals surface area contributed by atoms with Gasteiger partial charge in [0, 0.05) is 27.6 Å². The maximum absolute atomic E-state index is 14.1. The van der Waals surface area contributed by atoms with E-state index in [0.29, 0.717) is 28.2 Å². The topological polar surface area (TPSA) is 73.8 Å². The minimum Gasteiger partial charge on any atom is -0.616 e. The number of rotatable bonds is 4. The highest BCUT2D eigenvalue weighted by molar-refractivity contribution is 7.92. The molecule has 2 aromatic rings. The molecule has 1 amide bonds. The minimum absolute atomic E-state index is 0.0506. The van der Waals surface area contributed by atoms with Crippen LogP contribution in [0.3, 0.4) is 0 Å². The Hall–Kier alpha value is -1.94. The number of oxime groups is 1. The van der Waals surface area contributed by atoms with Crippen LogP contribution in [-0.4, -0.2) is 39.9 Å². The summed E-state index contributed by atoms with van der Waals surface area (Å²) in [5.41, 5.74) is -1.52. The van der Waals surface area contributed by atoms with Crippen LogP contribution in [0, 0.1) is 6.92 Å². The van der Waals surface area contributed by atoms with Crippen LogP contribution in [-0.2, 0) is 21.6 Å². The van der Waals surface area contributed by atoms with Gasteiger partial charge in [0.05, 0.1) is 5.71 Å². The highest BCUT2D eigenvalue weighted by Crippen LogP contribution is 2.49. The van der Waals surface area contributed by atoms with Gasteiger partial charge in [-0.2, -0.15) is 13.2 Å². The van der Waals surface area contributed by atoms with Gasteiger partial charge in [0.25, 0.3) is 11.5 Å². The fourth-order valence-corrected chi connectivity index (χ4v) is 5.18. The molecule has 1 fully saturated rings. The third kappa shape index (κ3) is 4.31. The number of hydrogen-bond acceptors (Lipinski definition) is 4. The molecule has 0 radical (unpaired) electrons. The monoisotopic (exact) mass is 504 g/mol. The molecule has 170 valence electrons. The number of halogens is 5. The average Bonchev–Trinajstić information content (AvgIpc) is 3.12. The molecule has 4 rings (SSSR count). The van der Waals surface area contributed by atoms with Crippen molar-refractivity contribution in [3.63, 3.8) is 0 Å². The third-order valence-corrected chi connectivity index (χ3v) is 7.41. The van der Waals surface area contributed by atoms with Gasteiger partial charge in [0.2, 0.25) is 0 Å². The lowest BCUT2D eigenvalue weighted by Crippen LogP contribution is -2.53. The summed E-state index contributed by atoms with van der Waals surface area (Å²) in [4.78, 5) is 17.5. The molecule has 0 aliphatic carbocycles. The third-order valence-electron chi connectivity index (χ3n) is 5.43. The Labute approximate surface area is 195 Å². The number of carbonyl (C=O) groups is 1. The predicted molar refractivity (Wildman–Crippen MR) is 117 cm³/mol. The first-order valence-corrected chi connectivity index (χ1v) is 11.8. The van der Waals surface area contributed by atoms with Crippen LogP contribution in [0.25, 0.3) is 0 Å². The van der Waals surface area contributed by atoms with Crippen LogP contribution in [0.15, 0.2) is 41.6 Å². The summed E-state index contributed by atoms with van der Waals surface area (Å²) >= 11 is 10.9. The fourth-order valence-electron chi connectivity index (χ4n) is 3.69. The molecular formula is C21H17Cl2F3N2O3S. The Kier molecular flexibility index (Phi) is 6.13. The smallest absolute Gasteiger partial charge is 0.435 e.